The third kappa shape index (κ3) is 1.53. The third-order valence-electron chi connectivity index (χ3n) is 6.27. The highest BCUT2D eigenvalue weighted by Gasteiger charge is 2.62. The predicted octanol–water partition coefficient (Wildman–Crippen LogP) is 2.72. The van der Waals surface area contributed by atoms with Gasteiger partial charge in [-0.3, -0.25) is 0 Å². The van der Waals surface area contributed by atoms with Gasteiger partial charge in [-0.2, -0.15) is 0 Å². The molecular weight excluding hydrogens is 212 g/mol. The molecule has 17 heavy (non-hydrogen) atoms. The summed E-state index contributed by atoms with van der Waals surface area (Å²) < 4.78 is 0. The first kappa shape index (κ1) is 12.0. The van der Waals surface area contributed by atoms with Crippen LogP contribution in [-0.4, -0.2) is 21.9 Å². The Morgan fingerprint density at radius 1 is 1.06 bits per heavy atom. The van der Waals surface area contributed by atoms with Crippen molar-refractivity contribution >= 4 is 0 Å². The first-order valence-electron chi connectivity index (χ1n) is 7.17. The van der Waals surface area contributed by atoms with Crippen LogP contribution in [0.1, 0.15) is 59.3 Å². The molecule has 0 aliphatic heterocycles. The highest BCUT2D eigenvalue weighted by atomic mass is 16.3. The number of fused-ring (bicyclic) bond motifs is 4. The summed E-state index contributed by atoms with van der Waals surface area (Å²) in [6.07, 6.45) is 5.74. The zero-order chi connectivity index (χ0) is 12.5. The van der Waals surface area contributed by atoms with Crippen molar-refractivity contribution in [3.63, 3.8) is 0 Å². The monoisotopic (exact) mass is 238 g/mol. The lowest BCUT2D eigenvalue weighted by atomic mass is 9.49. The van der Waals surface area contributed by atoms with Crippen LogP contribution < -0.4 is 0 Å². The van der Waals surface area contributed by atoms with Gasteiger partial charge in [-0.15, -0.1) is 0 Å². The van der Waals surface area contributed by atoms with E-state index in [0.717, 1.165) is 38.5 Å². The van der Waals surface area contributed by atoms with E-state index in [1.54, 1.807) is 0 Å². The van der Waals surface area contributed by atoms with Crippen molar-refractivity contribution in [1.29, 1.82) is 0 Å². The van der Waals surface area contributed by atoms with Crippen LogP contribution in [0.25, 0.3) is 0 Å². The van der Waals surface area contributed by atoms with Crippen molar-refractivity contribution in [2.75, 3.05) is 0 Å². The normalized spacial score (nSPS) is 56.6. The molecule has 0 heterocycles. The SMILES string of the molecule is CC1(C)CC2C1CC(O)C1(C)CCCC2(O)C1. The van der Waals surface area contributed by atoms with Crippen molar-refractivity contribution in [2.45, 2.75) is 71.0 Å². The molecule has 0 amide bonds. The average molecular weight is 238 g/mol. The standard InChI is InChI=1S/C15H26O2/c1-13(2)8-11-10(13)7-12(16)14(3)5-4-6-15(11,17)9-14/h10-12,16-17H,4-9H2,1-3H3. The summed E-state index contributed by atoms with van der Waals surface area (Å²) >= 11 is 0. The topological polar surface area (TPSA) is 40.5 Å². The summed E-state index contributed by atoms with van der Waals surface area (Å²) in [5.74, 6) is 0.955. The van der Waals surface area contributed by atoms with E-state index in [-0.39, 0.29) is 11.5 Å². The Hall–Kier alpha value is -0.0800. The number of hydrogen-bond donors (Lipinski definition) is 2. The maximum atomic E-state index is 11.0. The Labute approximate surface area is 104 Å². The van der Waals surface area contributed by atoms with E-state index in [1.807, 2.05) is 0 Å². The van der Waals surface area contributed by atoms with Gasteiger partial charge in [0.2, 0.25) is 0 Å². The zero-order valence-corrected chi connectivity index (χ0v) is 11.4. The van der Waals surface area contributed by atoms with Crippen molar-refractivity contribution in [3.8, 4) is 0 Å². The number of aliphatic hydroxyl groups excluding tert-OH is 1. The number of hydrogen-bond acceptors (Lipinski definition) is 2. The van der Waals surface area contributed by atoms with Gasteiger partial charge in [0, 0.05) is 0 Å². The molecule has 2 N–H and O–H groups in total. The van der Waals surface area contributed by atoms with Crippen molar-refractivity contribution in [1.82, 2.24) is 0 Å². The molecule has 3 saturated carbocycles. The molecule has 3 aliphatic carbocycles. The number of aliphatic hydroxyl groups is 2. The molecule has 3 aliphatic rings. The lowest BCUT2D eigenvalue weighted by molar-refractivity contribution is -0.161. The summed E-state index contributed by atoms with van der Waals surface area (Å²) in [4.78, 5) is 0. The van der Waals surface area contributed by atoms with Gasteiger partial charge in [0.15, 0.2) is 0 Å². The molecule has 0 radical (unpaired) electrons. The quantitative estimate of drug-likeness (QED) is 0.681. The van der Waals surface area contributed by atoms with Gasteiger partial charge < -0.3 is 10.2 Å². The molecule has 0 aromatic carbocycles. The van der Waals surface area contributed by atoms with Gasteiger partial charge in [0.25, 0.3) is 0 Å². The van der Waals surface area contributed by atoms with E-state index >= 15 is 0 Å². The molecule has 3 fully saturated rings. The van der Waals surface area contributed by atoms with E-state index in [4.69, 9.17) is 0 Å². The van der Waals surface area contributed by atoms with Crippen LogP contribution in [0.4, 0.5) is 0 Å². The minimum absolute atomic E-state index is 0.0413. The van der Waals surface area contributed by atoms with Crippen molar-refractivity contribution < 1.29 is 10.2 Å². The Balaban J connectivity index is 1.97. The van der Waals surface area contributed by atoms with Crippen LogP contribution in [0.2, 0.25) is 0 Å². The second kappa shape index (κ2) is 3.27. The van der Waals surface area contributed by atoms with E-state index in [1.165, 1.54) is 0 Å². The minimum Gasteiger partial charge on any atom is -0.393 e. The Morgan fingerprint density at radius 3 is 2.41 bits per heavy atom. The fourth-order valence-electron chi connectivity index (χ4n) is 5.09. The molecular formula is C15H26O2. The van der Waals surface area contributed by atoms with Gasteiger partial charge in [-0.1, -0.05) is 20.8 Å². The van der Waals surface area contributed by atoms with Crippen LogP contribution in [0.5, 0.6) is 0 Å². The average Bonchev–Trinajstić information content (AvgIpc) is 2.25. The van der Waals surface area contributed by atoms with Crippen LogP contribution in [0, 0.1) is 22.7 Å². The summed E-state index contributed by atoms with van der Waals surface area (Å²) in [7, 11) is 0. The lowest BCUT2D eigenvalue weighted by Crippen LogP contribution is -2.56. The lowest BCUT2D eigenvalue weighted by Gasteiger charge is -2.57. The fraction of sp³-hybridized carbons (Fsp3) is 1.00. The summed E-state index contributed by atoms with van der Waals surface area (Å²) in [5.41, 5.74) is -0.208. The van der Waals surface area contributed by atoms with Gasteiger partial charge in [-0.25, -0.2) is 0 Å². The third-order valence-corrected chi connectivity index (χ3v) is 6.27. The highest BCUT2D eigenvalue weighted by molar-refractivity contribution is 5.12. The fourth-order valence-corrected chi connectivity index (χ4v) is 5.09. The van der Waals surface area contributed by atoms with Crippen LogP contribution in [-0.2, 0) is 0 Å². The summed E-state index contributed by atoms with van der Waals surface area (Å²) in [6, 6.07) is 0. The first-order chi connectivity index (χ1) is 7.77. The van der Waals surface area contributed by atoms with Gasteiger partial charge in [0.1, 0.15) is 0 Å². The Morgan fingerprint density at radius 2 is 1.76 bits per heavy atom. The minimum atomic E-state index is -0.481. The van der Waals surface area contributed by atoms with Crippen molar-refractivity contribution in [3.05, 3.63) is 0 Å². The molecule has 0 saturated heterocycles. The second-order valence-electron chi connectivity index (χ2n) is 7.95. The van der Waals surface area contributed by atoms with Crippen molar-refractivity contribution in [2.24, 2.45) is 22.7 Å². The maximum Gasteiger partial charge on any atom is 0.0685 e. The van der Waals surface area contributed by atoms with Crippen LogP contribution >= 0.6 is 0 Å². The molecule has 5 unspecified atom stereocenters. The molecule has 98 valence electrons. The molecule has 2 nitrogen and oxygen atoms in total. The largest absolute Gasteiger partial charge is 0.393 e. The molecule has 2 bridgehead atoms. The molecule has 0 aromatic rings. The first-order valence-corrected chi connectivity index (χ1v) is 7.17. The molecule has 5 atom stereocenters. The highest BCUT2D eigenvalue weighted by Crippen LogP contribution is 2.64. The second-order valence-corrected chi connectivity index (χ2v) is 7.95. The Kier molecular flexibility index (Phi) is 2.30. The maximum absolute atomic E-state index is 11.0. The predicted molar refractivity (Wildman–Crippen MR) is 67.5 cm³/mol. The molecule has 0 aromatic heterocycles. The van der Waals surface area contributed by atoms with Gasteiger partial charge in [-0.05, 0) is 61.2 Å². The molecule has 3 rings (SSSR count). The smallest absolute Gasteiger partial charge is 0.0685 e. The van der Waals surface area contributed by atoms with Crippen LogP contribution in [0.3, 0.4) is 0 Å². The van der Waals surface area contributed by atoms with Crippen LogP contribution in [0.15, 0.2) is 0 Å². The van der Waals surface area contributed by atoms with E-state index < -0.39 is 5.60 Å². The van der Waals surface area contributed by atoms with E-state index in [2.05, 4.69) is 20.8 Å². The molecule has 0 spiro atoms. The van der Waals surface area contributed by atoms with Gasteiger partial charge in [0.05, 0.1) is 11.7 Å². The van der Waals surface area contributed by atoms with Gasteiger partial charge >= 0.3 is 0 Å². The zero-order valence-electron chi connectivity index (χ0n) is 11.4. The molecule has 2 heteroatoms. The summed E-state index contributed by atoms with van der Waals surface area (Å²) in [6.45, 7) is 6.77. The van der Waals surface area contributed by atoms with E-state index in [9.17, 15) is 10.2 Å². The Bertz CT molecular complexity index is 338. The number of rotatable bonds is 0. The van der Waals surface area contributed by atoms with E-state index in [0.29, 0.717) is 17.3 Å². The summed E-state index contributed by atoms with van der Waals surface area (Å²) in [5, 5.41) is 21.5.